The van der Waals surface area contributed by atoms with Crippen LogP contribution in [0.15, 0.2) is 24.3 Å². The smallest absolute Gasteiger partial charge is 0.317 e. The Morgan fingerprint density at radius 3 is 2.59 bits per heavy atom. The molecule has 0 atom stereocenters. The number of rotatable bonds is 9. The molecular formula is C19H24ClN3O4. The summed E-state index contributed by atoms with van der Waals surface area (Å²) in [5.41, 5.74) is 0.406. The second-order valence-corrected chi connectivity index (χ2v) is 7.79. The van der Waals surface area contributed by atoms with Crippen LogP contribution >= 0.6 is 11.6 Å². The Balaban J connectivity index is 1.38. The lowest BCUT2D eigenvalue weighted by Gasteiger charge is -2.42. The van der Waals surface area contributed by atoms with Crippen molar-refractivity contribution in [2.75, 3.05) is 19.6 Å². The van der Waals surface area contributed by atoms with Crippen LogP contribution in [0, 0.1) is 5.92 Å². The van der Waals surface area contributed by atoms with E-state index in [0.29, 0.717) is 16.5 Å². The van der Waals surface area contributed by atoms with Gasteiger partial charge in [-0.25, -0.2) is 0 Å². The van der Waals surface area contributed by atoms with Gasteiger partial charge in [-0.05, 0) is 49.8 Å². The van der Waals surface area contributed by atoms with Crippen molar-refractivity contribution in [3.63, 3.8) is 0 Å². The zero-order valence-electron chi connectivity index (χ0n) is 15.0. The van der Waals surface area contributed by atoms with Gasteiger partial charge in [-0.3, -0.25) is 19.3 Å². The molecule has 3 N–H and O–H groups in total. The van der Waals surface area contributed by atoms with E-state index in [-0.39, 0.29) is 37.0 Å². The Hall–Kier alpha value is -2.12. The van der Waals surface area contributed by atoms with E-state index >= 15 is 0 Å². The quantitative estimate of drug-likeness (QED) is 0.590. The van der Waals surface area contributed by atoms with Crippen molar-refractivity contribution in [1.82, 2.24) is 15.5 Å². The molecule has 0 bridgehead atoms. The Morgan fingerprint density at radius 2 is 1.96 bits per heavy atom. The molecule has 3 rings (SSSR count). The summed E-state index contributed by atoms with van der Waals surface area (Å²) in [6, 6.07) is 6.76. The molecule has 1 aromatic carbocycles. The van der Waals surface area contributed by atoms with Gasteiger partial charge < -0.3 is 15.7 Å². The minimum Gasteiger partial charge on any atom is -0.480 e. The molecule has 0 saturated heterocycles. The number of benzene rings is 1. The first-order valence-electron chi connectivity index (χ1n) is 9.19. The zero-order valence-corrected chi connectivity index (χ0v) is 15.7. The van der Waals surface area contributed by atoms with Gasteiger partial charge in [0.05, 0.1) is 13.1 Å². The maximum Gasteiger partial charge on any atom is 0.317 e. The number of halogens is 1. The second kappa shape index (κ2) is 8.71. The van der Waals surface area contributed by atoms with Crippen molar-refractivity contribution in [1.29, 1.82) is 0 Å². The van der Waals surface area contributed by atoms with Crippen LogP contribution < -0.4 is 10.6 Å². The highest BCUT2D eigenvalue weighted by molar-refractivity contribution is 6.30. The second-order valence-electron chi connectivity index (χ2n) is 7.35. The van der Waals surface area contributed by atoms with Crippen LogP contribution in [0.3, 0.4) is 0 Å². The van der Waals surface area contributed by atoms with Gasteiger partial charge in [-0.15, -0.1) is 0 Å². The van der Waals surface area contributed by atoms with E-state index in [4.69, 9.17) is 16.7 Å². The molecule has 0 heterocycles. The number of nitrogens with zero attached hydrogens (tertiary/aromatic N) is 1. The van der Waals surface area contributed by atoms with Crippen molar-refractivity contribution in [3.05, 3.63) is 34.9 Å². The molecule has 0 aromatic heterocycles. The Kier molecular flexibility index (Phi) is 6.34. The van der Waals surface area contributed by atoms with E-state index in [2.05, 4.69) is 10.6 Å². The fourth-order valence-electron chi connectivity index (χ4n) is 3.32. The molecule has 8 heteroatoms. The largest absolute Gasteiger partial charge is 0.480 e. The van der Waals surface area contributed by atoms with Gasteiger partial charge in [0.2, 0.25) is 5.91 Å². The normalized spacial score (nSPS) is 21.4. The lowest BCUT2D eigenvalue weighted by Crippen LogP contribution is -2.56. The molecule has 0 aliphatic heterocycles. The molecule has 7 nitrogen and oxygen atoms in total. The number of carboxylic acid groups (broad SMARTS) is 1. The molecule has 2 amide bonds. The number of carboxylic acids is 1. The third kappa shape index (κ3) is 5.94. The van der Waals surface area contributed by atoms with E-state index in [1.165, 1.54) is 12.8 Å². The first kappa shape index (κ1) is 19.6. The summed E-state index contributed by atoms with van der Waals surface area (Å²) in [5, 5.41) is 15.0. The minimum atomic E-state index is -0.813. The van der Waals surface area contributed by atoms with Gasteiger partial charge in [0, 0.05) is 29.2 Å². The fourth-order valence-corrected chi connectivity index (χ4v) is 3.51. The Labute approximate surface area is 163 Å². The van der Waals surface area contributed by atoms with E-state index in [9.17, 15) is 14.4 Å². The van der Waals surface area contributed by atoms with Crippen LogP contribution in [0.1, 0.15) is 36.0 Å². The maximum atomic E-state index is 12.0. The van der Waals surface area contributed by atoms with Crippen molar-refractivity contribution >= 4 is 29.4 Å². The number of nitrogens with one attached hydrogen (secondary N) is 2. The van der Waals surface area contributed by atoms with Crippen LogP contribution in [-0.4, -0.2) is 59.5 Å². The standard InChI is InChI=1S/C19H24ClN3O4/c20-14-3-1-2-13(6-14)19(27)21-9-17(24)22-15-7-16(8-15)23(11-18(25)26)10-12-4-5-12/h1-3,6,12,15-16H,4-5,7-11H2,(H,21,27)(H,22,24)(H,25,26). The average molecular weight is 394 g/mol. The summed E-state index contributed by atoms with van der Waals surface area (Å²) in [5.74, 6) is -0.788. The molecule has 2 fully saturated rings. The molecule has 0 unspecified atom stereocenters. The minimum absolute atomic E-state index is 0.0288. The monoisotopic (exact) mass is 393 g/mol. The van der Waals surface area contributed by atoms with E-state index in [1.54, 1.807) is 24.3 Å². The Morgan fingerprint density at radius 1 is 1.22 bits per heavy atom. The van der Waals surface area contributed by atoms with Gasteiger partial charge >= 0.3 is 5.97 Å². The highest BCUT2D eigenvalue weighted by atomic mass is 35.5. The number of aliphatic carboxylic acids is 1. The number of hydrogen-bond donors (Lipinski definition) is 3. The number of amides is 2. The fraction of sp³-hybridized carbons (Fsp3) is 0.526. The summed E-state index contributed by atoms with van der Waals surface area (Å²) in [6.45, 7) is 0.776. The van der Waals surface area contributed by atoms with Crippen LogP contribution in [0.2, 0.25) is 5.02 Å². The van der Waals surface area contributed by atoms with Crippen LogP contribution in [0.25, 0.3) is 0 Å². The van der Waals surface area contributed by atoms with Crippen molar-refractivity contribution in [2.45, 2.75) is 37.8 Å². The van der Waals surface area contributed by atoms with Crippen LogP contribution in [-0.2, 0) is 9.59 Å². The topological polar surface area (TPSA) is 98.7 Å². The molecule has 2 saturated carbocycles. The van der Waals surface area contributed by atoms with E-state index in [1.807, 2.05) is 4.90 Å². The molecular weight excluding hydrogens is 370 g/mol. The molecule has 2 aliphatic rings. The highest BCUT2D eigenvalue weighted by Gasteiger charge is 2.37. The Bertz CT molecular complexity index is 717. The molecule has 0 radical (unpaired) electrons. The van der Waals surface area contributed by atoms with E-state index < -0.39 is 5.97 Å². The maximum absolute atomic E-state index is 12.0. The number of hydrogen-bond acceptors (Lipinski definition) is 4. The molecule has 146 valence electrons. The first-order chi connectivity index (χ1) is 12.9. The third-order valence-corrected chi connectivity index (χ3v) is 5.25. The predicted octanol–water partition coefficient (Wildman–Crippen LogP) is 1.51. The lowest BCUT2D eigenvalue weighted by atomic mass is 9.85. The SMILES string of the molecule is O=C(O)CN(CC1CC1)C1CC(NC(=O)CNC(=O)c2cccc(Cl)c2)C1. The van der Waals surface area contributed by atoms with Gasteiger partial charge in [0.15, 0.2) is 0 Å². The van der Waals surface area contributed by atoms with Crippen molar-refractivity contribution < 1.29 is 19.5 Å². The van der Waals surface area contributed by atoms with Crippen molar-refractivity contribution in [2.24, 2.45) is 5.92 Å². The molecule has 0 spiro atoms. The third-order valence-electron chi connectivity index (χ3n) is 5.02. The summed E-state index contributed by atoms with van der Waals surface area (Å²) >= 11 is 5.85. The summed E-state index contributed by atoms with van der Waals surface area (Å²) in [6.07, 6.45) is 3.84. The highest BCUT2D eigenvalue weighted by Crippen LogP contribution is 2.33. The van der Waals surface area contributed by atoms with Gasteiger partial charge in [0.25, 0.3) is 5.91 Å². The summed E-state index contributed by atoms with van der Waals surface area (Å²) in [4.78, 5) is 37.1. The van der Waals surface area contributed by atoms with E-state index in [0.717, 1.165) is 19.4 Å². The van der Waals surface area contributed by atoms with Crippen LogP contribution in [0.4, 0.5) is 0 Å². The lowest BCUT2D eigenvalue weighted by molar-refractivity contribution is -0.140. The molecule has 1 aromatic rings. The average Bonchev–Trinajstić information content (AvgIpc) is 3.38. The summed E-state index contributed by atoms with van der Waals surface area (Å²) in [7, 11) is 0. The van der Waals surface area contributed by atoms with Gasteiger partial charge in [0.1, 0.15) is 0 Å². The van der Waals surface area contributed by atoms with Gasteiger partial charge in [-0.2, -0.15) is 0 Å². The molecule has 2 aliphatic carbocycles. The summed E-state index contributed by atoms with van der Waals surface area (Å²) < 4.78 is 0. The number of carbonyl (C=O) groups is 3. The number of carbonyl (C=O) groups excluding carboxylic acids is 2. The molecule has 27 heavy (non-hydrogen) atoms. The van der Waals surface area contributed by atoms with Gasteiger partial charge in [-0.1, -0.05) is 17.7 Å². The zero-order chi connectivity index (χ0) is 19.4. The van der Waals surface area contributed by atoms with Crippen LogP contribution in [0.5, 0.6) is 0 Å². The first-order valence-corrected chi connectivity index (χ1v) is 9.57. The van der Waals surface area contributed by atoms with Crippen molar-refractivity contribution in [3.8, 4) is 0 Å². The predicted molar refractivity (Wildman–Crippen MR) is 101 cm³/mol.